The van der Waals surface area contributed by atoms with Gasteiger partial charge in [-0.15, -0.1) is 0 Å². The molecule has 2 N–H and O–H groups in total. The van der Waals surface area contributed by atoms with Gasteiger partial charge >= 0.3 is 0 Å². The van der Waals surface area contributed by atoms with Crippen LogP contribution in [0, 0.1) is 10.1 Å². The molecule has 0 radical (unpaired) electrons. The Bertz CT molecular complexity index is 896. The highest BCUT2D eigenvalue weighted by Gasteiger charge is 2.21. The fourth-order valence-corrected chi connectivity index (χ4v) is 3.23. The number of benzene rings is 2. The van der Waals surface area contributed by atoms with Crippen LogP contribution >= 0.6 is 0 Å². The molecule has 1 unspecified atom stereocenters. The SMILES string of the molecule is CCOc1cc2c(cc1CNC(=NC)NCc1ccc([N+](=O)[O-])cc1)OC(C)C2. The van der Waals surface area contributed by atoms with Crippen molar-refractivity contribution < 1.29 is 14.4 Å². The molecule has 0 fully saturated rings. The zero-order valence-corrected chi connectivity index (χ0v) is 16.9. The molecule has 1 aliphatic heterocycles. The highest BCUT2D eigenvalue weighted by atomic mass is 16.6. The molecule has 8 nitrogen and oxygen atoms in total. The summed E-state index contributed by atoms with van der Waals surface area (Å²) in [6.45, 7) is 5.65. The second-order valence-corrected chi connectivity index (χ2v) is 6.84. The van der Waals surface area contributed by atoms with E-state index in [-0.39, 0.29) is 11.8 Å². The molecule has 0 aliphatic carbocycles. The topological polar surface area (TPSA) is 98.0 Å². The van der Waals surface area contributed by atoms with Gasteiger partial charge in [-0.05, 0) is 31.5 Å². The number of hydrogen-bond donors (Lipinski definition) is 2. The molecule has 2 aromatic carbocycles. The monoisotopic (exact) mass is 398 g/mol. The maximum atomic E-state index is 10.7. The maximum absolute atomic E-state index is 10.7. The second-order valence-electron chi connectivity index (χ2n) is 6.84. The van der Waals surface area contributed by atoms with E-state index in [1.165, 1.54) is 17.7 Å². The summed E-state index contributed by atoms with van der Waals surface area (Å²) in [6, 6.07) is 10.5. The Hall–Kier alpha value is -3.29. The summed E-state index contributed by atoms with van der Waals surface area (Å²) in [6.07, 6.45) is 1.07. The van der Waals surface area contributed by atoms with Crippen LogP contribution in [0.5, 0.6) is 11.5 Å². The Morgan fingerprint density at radius 3 is 2.66 bits per heavy atom. The van der Waals surface area contributed by atoms with Gasteiger partial charge < -0.3 is 20.1 Å². The minimum Gasteiger partial charge on any atom is -0.494 e. The third-order valence-electron chi connectivity index (χ3n) is 4.66. The van der Waals surface area contributed by atoms with E-state index in [0.717, 1.165) is 29.0 Å². The normalized spacial score (nSPS) is 15.4. The Balaban J connectivity index is 1.62. The first kappa shape index (κ1) is 20.4. The van der Waals surface area contributed by atoms with Gasteiger partial charge in [0.15, 0.2) is 5.96 Å². The van der Waals surface area contributed by atoms with Crippen LogP contribution in [0.1, 0.15) is 30.5 Å². The molecular formula is C21H26N4O4. The first-order chi connectivity index (χ1) is 14.0. The number of guanidine groups is 1. The summed E-state index contributed by atoms with van der Waals surface area (Å²) in [7, 11) is 1.70. The molecule has 8 heteroatoms. The van der Waals surface area contributed by atoms with Crippen molar-refractivity contribution >= 4 is 11.6 Å². The highest BCUT2D eigenvalue weighted by molar-refractivity contribution is 5.79. The minimum atomic E-state index is -0.408. The van der Waals surface area contributed by atoms with Crippen molar-refractivity contribution in [2.45, 2.75) is 39.5 Å². The van der Waals surface area contributed by atoms with Gasteiger partial charge in [-0.25, -0.2) is 0 Å². The lowest BCUT2D eigenvalue weighted by Crippen LogP contribution is -2.36. The molecular weight excluding hydrogens is 372 g/mol. The van der Waals surface area contributed by atoms with Gasteiger partial charge in [0.25, 0.3) is 5.69 Å². The molecule has 1 atom stereocenters. The van der Waals surface area contributed by atoms with Gasteiger partial charge in [-0.3, -0.25) is 15.1 Å². The molecule has 0 spiro atoms. The third-order valence-corrected chi connectivity index (χ3v) is 4.66. The van der Waals surface area contributed by atoms with Crippen molar-refractivity contribution in [3.8, 4) is 11.5 Å². The molecule has 0 aromatic heterocycles. The average Bonchev–Trinajstić information content (AvgIpc) is 3.07. The number of rotatable bonds is 7. The fourth-order valence-electron chi connectivity index (χ4n) is 3.23. The zero-order valence-electron chi connectivity index (χ0n) is 16.9. The van der Waals surface area contributed by atoms with Crippen LogP contribution < -0.4 is 20.1 Å². The first-order valence-corrected chi connectivity index (χ1v) is 9.63. The molecule has 29 heavy (non-hydrogen) atoms. The lowest BCUT2D eigenvalue weighted by Gasteiger charge is -2.16. The second kappa shape index (κ2) is 9.27. The van der Waals surface area contributed by atoms with Crippen LogP contribution in [-0.4, -0.2) is 30.6 Å². The zero-order chi connectivity index (χ0) is 20.8. The summed E-state index contributed by atoms with van der Waals surface area (Å²) < 4.78 is 11.7. The van der Waals surface area contributed by atoms with E-state index in [0.29, 0.717) is 25.7 Å². The Labute approximate surface area is 170 Å². The van der Waals surface area contributed by atoms with Crippen LogP contribution in [0.4, 0.5) is 5.69 Å². The van der Waals surface area contributed by atoms with E-state index in [9.17, 15) is 10.1 Å². The number of fused-ring (bicyclic) bond motifs is 1. The standard InChI is InChI=1S/C21H26N4O4/c1-4-28-19-10-16-9-14(2)29-20(16)11-17(19)13-24-21(22-3)23-12-15-5-7-18(8-6-15)25(26)27/h5-8,10-11,14H,4,9,12-13H2,1-3H3,(H2,22,23,24). The van der Waals surface area contributed by atoms with Gasteiger partial charge in [0, 0.05) is 49.8 Å². The lowest BCUT2D eigenvalue weighted by molar-refractivity contribution is -0.384. The smallest absolute Gasteiger partial charge is 0.269 e. The van der Waals surface area contributed by atoms with Crippen LogP contribution in [0.2, 0.25) is 0 Å². The van der Waals surface area contributed by atoms with Crippen molar-refractivity contribution in [3.63, 3.8) is 0 Å². The van der Waals surface area contributed by atoms with Crippen LogP contribution in [0.3, 0.4) is 0 Å². The first-order valence-electron chi connectivity index (χ1n) is 9.63. The van der Waals surface area contributed by atoms with E-state index in [1.54, 1.807) is 19.2 Å². The molecule has 0 bridgehead atoms. The van der Waals surface area contributed by atoms with Gasteiger partial charge in [0.05, 0.1) is 11.5 Å². The molecule has 1 heterocycles. The van der Waals surface area contributed by atoms with Gasteiger partial charge in [0.1, 0.15) is 17.6 Å². The summed E-state index contributed by atoms with van der Waals surface area (Å²) in [5.41, 5.74) is 3.17. The fraction of sp³-hybridized carbons (Fsp3) is 0.381. The molecule has 0 amide bonds. The average molecular weight is 398 g/mol. The van der Waals surface area contributed by atoms with E-state index < -0.39 is 4.92 Å². The van der Waals surface area contributed by atoms with Gasteiger partial charge in [-0.2, -0.15) is 0 Å². The van der Waals surface area contributed by atoms with Crippen molar-refractivity contribution in [1.82, 2.24) is 10.6 Å². The number of nitro groups is 1. The summed E-state index contributed by atoms with van der Waals surface area (Å²) in [5.74, 6) is 2.38. The molecule has 154 valence electrons. The van der Waals surface area contributed by atoms with Crippen molar-refractivity contribution in [3.05, 3.63) is 63.2 Å². The Morgan fingerprint density at radius 1 is 1.28 bits per heavy atom. The number of nitrogens with zero attached hydrogens (tertiary/aromatic N) is 2. The van der Waals surface area contributed by atoms with Crippen molar-refractivity contribution in [1.29, 1.82) is 0 Å². The lowest BCUT2D eigenvalue weighted by atomic mass is 10.1. The van der Waals surface area contributed by atoms with Crippen LogP contribution in [0.25, 0.3) is 0 Å². The van der Waals surface area contributed by atoms with E-state index in [2.05, 4.69) is 28.6 Å². The predicted octanol–water partition coefficient (Wildman–Crippen LogP) is 3.18. The molecule has 1 aliphatic rings. The summed E-state index contributed by atoms with van der Waals surface area (Å²) in [4.78, 5) is 14.6. The van der Waals surface area contributed by atoms with Crippen LogP contribution in [-0.2, 0) is 19.5 Å². The highest BCUT2D eigenvalue weighted by Crippen LogP contribution is 2.35. The molecule has 3 rings (SSSR count). The number of nitrogens with one attached hydrogen (secondary N) is 2. The largest absolute Gasteiger partial charge is 0.494 e. The Morgan fingerprint density at radius 2 is 2.00 bits per heavy atom. The minimum absolute atomic E-state index is 0.0767. The van der Waals surface area contributed by atoms with E-state index in [4.69, 9.17) is 9.47 Å². The number of nitro benzene ring substituents is 1. The number of non-ortho nitro benzene ring substituents is 1. The van der Waals surface area contributed by atoms with E-state index in [1.807, 2.05) is 13.0 Å². The van der Waals surface area contributed by atoms with Gasteiger partial charge in [0.2, 0.25) is 0 Å². The van der Waals surface area contributed by atoms with Crippen molar-refractivity contribution in [2.75, 3.05) is 13.7 Å². The predicted molar refractivity (Wildman–Crippen MR) is 112 cm³/mol. The maximum Gasteiger partial charge on any atom is 0.269 e. The number of ether oxygens (including phenoxy) is 2. The van der Waals surface area contributed by atoms with Gasteiger partial charge in [-0.1, -0.05) is 12.1 Å². The Kier molecular flexibility index (Phi) is 6.54. The third kappa shape index (κ3) is 5.16. The molecule has 0 saturated carbocycles. The number of aliphatic imine (C=N–C) groups is 1. The van der Waals surface area contributed by atoms with Crippen molar-refractivity contribution in [2.24, 2.45) is 4.99 Å². The number of hydrogen-bond acceptors (Lipinski definition) is 5. The molecule has 2 aromatic rings. The quantitative estimate of drug-likeness (QED) is 0.322. The van der Waals surface area contributed by atoms with Crippen LogP contribution in [0.15, 0.2) is 41.4 Å². The summed E-state index contributed by atoms with van der Waals surface area (Å²) >= 11 is 0. The van der Waals surface area contributed by atoms with E-state index >= 15 is 0 Å². The molecule has 0 saturated heterocycles. The summed E-state index contributed by atoms with van der Waals surface area (Å²) in [5, 5.41) is 17.2.